The number of aromatic nitrogens is 6. The molecule has 0 saturated carbocycles. The topological polar surface area (TPSA) is 331 Å². The Labute approximate surface area is 513 Å². The minimum atomic E-state index is -4.01. The third-order valence-electron chi connectivity index (χ3n) is 14.4. The molecule has 464 valence electrons. The molecule has 2 fully saturated rings. The van der Waals surface area contributed by atoms with Crippen LogP contribution in [0.2, 0.25) is 0 Å². The Balaban J connectivity index is 0.000000196. The van der Waals surface area contributed by atoms with Crippen molar-refractivity contribution >= 4 is 66.1 Å². The van der Waals surface area contributed by atoms with Gasteiger partial charge < -0.3 is 54.6 Å². The summed E-state index contributed by atoms with van der Waals surface area (Å²) >= 11 is 0. The number of imidazole rings is 2. The summed E-state index contributed by atoms with van der Waals surface area (Å²) in [6.45, 7) is 2.01. The van der Waals surface area contributed by atoms with Crippen LogP contribution in [-0.4, -0.2) is 125 Å². The summed E-state index contributed by atoms with van der Waals surface area (Å²) in [5.74, 6) is 1.16. The molecule has 0 bridgehead atoms. The van der Waals surface area contributed by atoms with Crippen LogP contribution in [0.4, 0.5) is 9.59 Å². The first kappa shape index (κ1) is 62.4. The molecule has 27 heteroatoms. The third-order valence-corrected chi connectivity index (χ3v) is 17.9. The van der Waals surface area contributed by atoms with Gasteiger partial charge >= 0.3 is 18.2 Å². The largest absolute Gasteiger partial charge is 0.492 e. The number of ether oxygens (including phenoxy) is 4. The Hall–Kier alpha value is -9.70. The highest BCUT2D eigenvalue weighted by Gasteiger charge is 2.40. The second kappa shape index (κ2) is 29.8. The zero-order chi connectivity index (χ0) is 62.0. The molecule has 5 heterocycles. The number of nitrogens with two attached hydrogens (primary N) is 1. The Kier molecular flexibility index (Phi) is 20.9. The van der Waals surface area contributed by atoms with Gasteiger partial charge in [-0.15, -0.1) is 0 Å². The number of sulfonamides is 2. The van der Waals surface area contributed by atoms with Crippen molar-refractivity contribution in [3.63, 3.8) is 0 Å². The van der Waals surface area contributed by atoms with Crippen molar-refractivity contribution < 1.29 is 59.5 Å². The van der Waals surface area contributed by atoms with Crippen molar-refractivity contribution in [2.45, 2.75) is 87.0 Å². The quantitative estimate of drug-likeness (QED) is 0.0132. The summed E-state index contributed by atoms with van der Waals surface area (Å²) in [5.41, 5.74) is 11.9. The molecule has 3 aromatic heterocycles. The van der Waals surface area contributed by atoms with Gasteiger partial charge in [0, 0.05) is 13.1 Å². The Bertz CT molecular complexity index is 4010. The van der Waals surface area contributed by atoms with Crippen LogP contribution < -0.4 is 25.8 Å². The van der Waals surface area contributed by atoms with Crippen molar-refractivity contribution in [1.82, 2.24) is 49.3 Å². The highest BCUT2D eigenvalue weighted by molar-refractivity contribution is 7.89. The predicted octanol–water partition coefficient (Wildman–Crippen LogP) is 8.23. The number of nitrogens with zero attached hydrogens (tertiary/aromatic N) is 7. The second-order valence-corrected chi connectivity index (χ2v) is 24.3. The molecule has 9 aromatic rings. The van der Waals surface area contributed by atoms with Crippen LogP contribution in [0.15, 0.2) is 178 Å². The maximum Gasteiger partial charge on any atom is 0.407 e. The molecule has 0 aliphatic carbocycles. The zero-order valence-corrected chi connectivity index (χ0v) is 49.9. The lowest BCUT2D eigenvalue weighted by molar-refractivity contribution is -0.142. The number of alkyl carbamates (subject to hydrolysis) is 2. The number of piperidine rings is 2. The van der Waals surface area contributed by atoms with Gasteiger partial charge in [-0.3, -0.25) is 0 Å². The predicted molar refractivity (Wildman–Crippen MR) is 326 cm³/mol. The molecule has 89 heavy (non-hydrogen) atoms. The lowest BCUT2D eigenvalue weighted by Gasteiger charge is -2.32. The van der Waals surface area contributed by atoms with E-state index in [2.05, 4.69) is 45.9 Å². The van der Waals surface area contributed by atoms with E-state index in [1.807, 2.05) is 97.1 Å². The number of aromatic amines is 2. The fraction of sp³-hybridized carbons (Fsp3) is 0.290. The molecular formula is C62H66N12O13S2. The Morgan fingerprint density at radius 3 is 1.63 bits per heavy atom. The molecule has 2 aliphatic rings. The van der Waals surface area contributed by atoms with Crippen LogP contribution in [0.25, 0.3) is 22.1 Å². The standard InChI is InChI=1S/C31H34N6O7S.C31H32N6O6S/c32-29(27-12-6-7-18-37(27)45(40,41)30-34-25-10-4-5-11-26(25)35-30)36-44-28(38)20-22-13-15-24(16-14-22)42-19-17-33-31(39)43-21-23-8-2-1-3-9-23;38-31(42-21-23-8-2-1-3-9-23)32-17-19-41-24-15-13-22(14-16-24)20-28-35-29(36-43-28)27-12-6-7-18-37(27)44(39,40)30-33-25-10-4-5-11-26(25)34-30/h1-5,8-11,13-16,27H,6-7,12,17-21H2,(H2,32,36)(H,33,39)(H,34,35);1-5,8-11,13-16,27H,6-7,12,17-21H2,(H,32,38)(H,33,34). The molecular weight excluding hydrogens is 1180 g/mol. The van der Waals surface area contributed by atoms with Crippen LogP contribution in [0.3, 0.4) is 0 Å². The normalized spacial score (nSPS) is 15.8. The SMILES string of the molecule is N/C(=N\OC(=O)Cc1ccc(OCCNC(=O)OCc2ccccc2)cc1)C1CCCCN1S(=O)(=O)c1nc2ccccc2[nH]1.O=C(NCCOc1ccc(Cc2nc(C3CCCCN3S(=O)(=O)c3nc4ccccc4[nH]3)no2)cc1)OCc1ccccc1. The molecule has 6 aromatic carbocycles. The maximum absolute atomic E-state index is 13.6. The summed E-state index contributed by atoms with van der Waals surface area (Å²) in [4.78, 5) is 60.2. The average molecular weight is 1250 g/mol. The number of carbonyl (C=O) groups excluding carboxylic acids is 3. The van der Waals surface area contributed by atoms with Crippen LogP contribution in [0.5, 0.6) is 11.5 Å². The number of hydrogen-bond acceptors (Lipinski definition) is 18. The van der Waals surface area contributed by atoms with Crippen LogP contribution in [-0.2, 0) is 65.2 Å². The fourth-order valence-electron chi connectivity index (χ4n) is 9.88. The second-order valence-electron chi connectivity index (χ2n) is 20.7. The van der Waals surface area contributed by atoms with Crippen molar-refractivity contribution in [3.05, 3.63) is 192 Å². The lowest BCUT2D eigenvalue weighted by atomic mass is 10.0. The minimum Gasteiger partial charge on any atom is -0.492 e. The molecule has 25 nitrogen and oxygen atoms in total. The van der Waals surface area contributed by atoms with E-state index in [0.29, 0.717) is 89.6 Å². The van der Waals surface area contributed by atoms with Crippen LogP contribution in [0.1, 0.15) is 78.5 Å². The number of para-hydroxylation sites is 4. The van der Waals surface area contributed by atoms with E-state index in [4.69, 9.17) is 34.0 Å². The number of rotatable bonds is 23. The number of benzene rings is 6. The number of fused-ring (bicyclic) bond motifs is 2. The van der Waals surface area contributed by atoms with E-state index in [0.717, 1.165) is 36.0 Å². The van der Waals surface area contributed by atoms with Crippen molar-refractivity contribution in [2.24, 2.45) is 10.9 Å². The smallest absolute Gasteiger partial charge is 0.407 e. The number of carbonyl (C=O) groups is 3. The van der Waals surface area contributed by atoms with Crippen molar-refractivity contribution in [2.75, 3.05) is 39.4 Å². The molecule has 2 unspecified atom stereocenters. The van der Waals surface area contributed by atoms with Gasteiger partial charge in [0.25, 0.3) is 20.0 Å². The van der Waals surface area contributed by atoms with Gasteiger partial charge in [0.2, 0.25) is 16.2 Å². The number of amidine groups is 1. The molecule has 2 amide bonds. The van der Waals surface area contributed by atoms with Gasteiger partial charge in [-0.2, -0.15) is 13.6 Å². The fourth-order valence-corrected chi connectivity index (χ4v) is 13.0. The summed E-state index contributed by atoms with van der Waals surface area (Å²) in [6, 6.07) is 46.0. The van der Waals surface area contributed by atoms with E-state index >= 15 is 0 Å². The van der Waals surface area contributed by atoms with Crippen LogP contribution in [0, 0.1) is 0 Å². The first-order chi connectivity index (χ1) is 43.2. The van der Waals surface area contributed by atoms with Crippen molar-refractivity contribution in [1.29, 1.82) is 0 Å². The van der Waals surface area contributed by atoms with E-state index in [1.54, 1.807) is 60.7 Å². The van der Waals surface area contributed by atoms with Crippen LogP contribution >= 0.6 is 0 Å². The Morgan fingerprint density at radius 1 is 0.584 bits per heavy atom. The van der Waals surface area contributed by atoms with E-state index < -0.39 is 50.3 Å². The average Bonchev–Trinajstić information content (AvgIpc) is 1.94. The van der Waals surface area contributed by atoms with Crippen molar-refractivity contribution in [3.8, 4) is 11.5 Å². The number of oxime groups is 1. The summed E-state index contributed by atoms with van der Waals surface area (Å²) in [7, 11) is -7.91. The third kappa shape index (κ3) is 16.9. The van der Waals surface area contributed by atoms with E-state index in [9.17, 15) is 31.2 Å². The molecule has 2 atom stereocenters. The van der Waals surface area contributed by atoms with Gasteiger partial charge in [-0.25, -0.2) is 41.2 Å². The number of amides is 2. The molecule has 2 saturated heterocycles. The summed E-state index contributed by atoms with van der Waals surface area (Å²) in [5, 5.41) is 13.0. The summed E-state index contributed by atoms with van der Waals surface area (Å²) < 4.78 is 84.0. The highest BCUT2D eigenvalue weighted by Crippen LogP contribution is 2.35. The number of nitrogens with one attached hydrogen (secondary N) is 4. The van der Waals surface area contributed by atoms with Gasteiger partial charge in [0.1, 0.15) is 37.9 Å². The van der Waals surface area contributed by atoms with E-state index in [-0.39, 0.29) is 62.1 Å². The molecule has 11 rings (SSSR count). The number of H-pyrrole nitrogens is 2. The molecule has 2 aliphatic heterocycles. The minimum absolute atomic E-state index is 0.0858. The number of hydrogen-bond donors (Lipinski definition) is 5. The first-order valence-corrected chi connectivity index (χ1v) is 31.7. The molecule has 6 N–H and O–H groups in total. The molecule has 0 radical (unpaired) electrons. The first-order valence-electron chi connectivity index (χ1n) is 28.9. The highest BCUT2D eigenvalue weighted by atomic mass is 32.2. The van der Waals surface area contributed by atoms with Gasteiger partial charge in [-0.05, 0) is 96.5 Å². The monoisotopic (exact) mass is 1250 g/mol. The maximum atomic E-state index is 13.6. The van der Waals surface area contributed by atoms with Gasteiger partial charge in [0.15, 0.2) is 11.7 Å². The van der Waals surface area contributed by atoms with Gasteiger partial charge in [0.05, 0.1) is 60.1 Å². The summed E-state index contributed by atoms with van der Waals surface area (Å²) in [6.07, 6.45) is 3.25. The Morgan fingerprint density at radius 2 is 1.08 bits per heavy atom. The lowest BCUT2D eigenvalue weighted by Crippen LogP contribution is -2.50. The van der Waals surface area contributed by atoms with E-state index in [1.165, 1.54) is 8.61 Å². The van der Waals surface area contributed by atoms with Gasteiger partial charge in [-0.1, -0.05) is 132 Å². The zero-order valence-electron chi connectivity index (χ0n) is 48.3. The molecule has 0 spiro atoms.